The van der Waals surface area contributed by atoms with Crippen LogP contribution in [0.2, 0.25) is 0 Å². The summed E-state index contributed by atoms with van der Waals surface area (Å²) in [5, 5.41) is 0. The van der Waals surface area contributed by atoms with Crippen LogP contribution in [0.4, 0.5) is 0 Å². The first kappa shape index (κ1) is 16.9. The van der Waals surface area contributed by atoms with Gasteiger partial charge in [-0.2, -0.15) is 0 Å². The highest BCUT2D eigenvalue weighted by molar-refractivity contribution is 4.94. The van der Waals surface area contributed by atoms with Crippen LogP contribution in [-0.2, 0) is 0 Å². The van der Waals surface area contributed by atoms with Crippen molar-refractivity contribution in [2.45, 2.75) is 84.2 Å². The van der Waals surface area contributed by atoms with Crippen LogP contribution in [-0.4, -0.2) is 29.6 Å². The van der Waals surface area contributed by atoms with Crippen LogP contribution in [0.15, 0.2) is 0 Å². The fraction of sp³-hybridized carbons (Fsp3) is 1.00. The van der Waals surface area contributed by atoms with Crippen molar-refractivity contribution in [1.82, 2.24) is 10.3 Å². The lowest BCUT2D eigenvalue weighted by atomic mass is 9.83. The summed E-state index contributed by atoms with van der Waals surface area (Å²) in [5.74, 6) is 6.67. The third-order valence-electron chi connectivity index (χ3n) is 5.20. The molecule has 0 saturated carbocycles. The second-order valence-electron chi connectivity index (χ2n) is 6.69. The molecule has 0 aromatic heterocycles. The summed E-state index contributed by atoms with van der Waals surface area (Å²) in [7, 11) is 0. The van der Waals surface area contributed by atoms with E-state index in [1.54, 1.807) is 0 Å². The number of hydrogen-bond acceptors (Lipinski definition) is 3. The van der Waals surface area contributed by atoms with Gasteiger partial charge in [-0.25, -0.2) is 0 Å². The summed E-state index contributed by atoms with van der Waals surface area (Å²) in [5.41, 5.74) is 3.27. The van der Waals surface area contributed by atoms with Crippen LogP contribution in [0.3, 0.4) is 0 Å². The standard InChI is InChI=1S/C16H35N3/c1-5-14(6-2)13-15(18-17)16(3,4)19-11-9-7-8-10-12-19/h14-15,18H,5-13,17H2,1-4H3. The predicted molar refractivity (Wildman–Crippen MR) is 83.9 cm³/mol. The Kier molecular flexibility index (Phi) is 7.33. The van der Waals surface area contributed by atoms with Crippen molar-refractivity contribution in [3.63, 3.8) is 0 Å². The molecule has 1 aliphatic rings. The predicted octanol–water partition coefficient (Wildman–Crippen LogP) is 3.30. The topological polar surface area (TPSA) is 41.3 Å². The molecule has 3 N–H and O–H groups in total. The van der Waals surface area contributed by atoms with Crippen LogP contribution in [0.5, 0.6) is 0 Å². The van der Waals surface area contributed by atoms with E-state index in [2.05, 4.69) is 38.0 Å². The highest BCUT2D eigenvalue weighted by atomic mass is 15.3. The van der Waals surface area contributed by atoms with Gasteiger partial charge in [-0.3, -0.25) is 16.2 Å². The van der Waals surface area contributed by atoms with E-state index < -0.39 is 0 Å². The Bertz CT molecular complexity index is 228. The molecule has 1 rings (SSSR count). The summed E-state index contributed by atoms with van der Waals surface area (Å²) < 4.78 is 0. The maximum atomic E-state index is 5.89. The first-order chi connectivity index (χ1) is 9.06. The number of nitrogens with one attached hydrogen (secondary N) is 1. The summed E-state index contributed by atoms with van der Waals surface area (Å²) in [6.07, 6.45) is 9.15. The Morgan fingerprint density at radius 1 is 1.05 bits per heavy atom. The summed E-state index contributed by atoms with van der Waals surface area (Å²) in [4.78, 5) is 2.66. The zero-order valence-corrected chi connectivity index (χ0v) is 13.5. The van der Waals surface area contributed by atoms with Gasteiger partial charge >= 0.3 is 0 Å². The Labute approximate surface area is 120 Å². The van der Waals surface area contributed by atoms with E-state index in [4.69, 9.17) is 5.84 Å². The normalized spacial score (nSPS) is 20.5. The van der Waals surface area contributed by atoms with Crippen LogP contribution < -0.4 is 11.3 Å². The summed E-state index contributed by atoms with van der Waals surface area (Å²) in [6.45, 7) is 11.8. The van der Waals surface area contributed by atoms with Gasteiger partial charge in [0.15, 0.2) is 0 Å². The molecule has 1 aliphatic heterocycles. The number of nitrogens with two attached hydrogens (primary N) is 1. The smallest absolute Gasteiger partial charge is 0.0392 e. The van der Waals surface area contributed by atoms with E-state index in [0.717, 1.165) is 5.92 Å². The number of nitrogens with zero attached hydrogens (tertiary/aromatic N) is 1. The molecule has 3 nitrogen and oxygen atoms in total. The number of hydrazine groups is 1. The molecule has 0 aromatic rings. The number of likely N-dealkylation sites (tertiary alicyclic amines) is 1. The molecule has 19 heavy (non-hydrogen) atoms. The molecule has 1 atom stereocenters. The van der Waals surface area contributed by atoms with E-state index in [1.165, 1.54) is 58.0 Å². The van der Waals surface area contributed by atoms with Crippen molar-refractivity contribution in [1.29, 1.82) is 0 Å². The molecule has 1 fully saturated rings. The second kappa shape index (κ2) is 8.23. The average molecular weight is 269 g/mol. The Morgan fingerprint density at radius 3 is 2.00 bits per heavy atom. The van der Waals surface area contributed by atoms with E-state index in [1.807, 2.05) is 0 Å². The highest BCUT2D eigenvalue weighted by Gasteiger charge is 2.35. The van der Waals surface area contributed by atoms with Gasteiger partial charge < -0.3 is 0 Å². The SMILES string of the molecule is CCC(CC)CC(NN)C(C)(C)N1CCCCCC1. The Hall–Kier alpha value is -0.120. The zero-order chi connectivity index (χ0) is 14.3. The van der Waals surface area contributed by atoms with Gasteiger partial charge in [-0.1, -0.05) is 39.5 Å². The second-order valence-corrected chi connectivity index (χ2v) is 6.69. The third kappa shape index (κ3) is 4.73. The van der Waals surface area contributed by atoms with Crippen LogP contribution in [0.25, 0.3) is 0 Å². The molecule has 1 heterocycles. The van der Waals surface area contributed by atoms with Crippen molar-refractivity contribution in [2.75, 3.05) is 13.1 Å². The molecule has 0 bridgehead atoms. The molecular weight excluding hydrogens is 234 g/mol. The molecule has 0 radical (unpaired) electrons. The van der Waals surface area contributed by atoms with Gasteiger partial charge in [0, 0.05) is 11.6 Å². The van der Waals surface area contributed by atoms with Gasteiger partial charge in [0.05, 0.1) is 0 Å². The lowest BCUT2D eigenvalue weighted by molar-refractivity contribution is 0.0722. The van der Waals surface area contributed by atoms with Crippen LogP contribution in [0.1, 0.15) is 72.6 Å². The molecule has 1 saturated heterocycles. The molecule has 0 amide bonds. The lowest BCUT2D eigenvalue weighted by Crippen LogP contribution is -2.60. The van der Waals surface area contributed by atoms with E-state index in [0.29, 0.717) is 6.04 Å². The molecule has 0 aliphatic carbocycles. The average Bonchev–Trinajstić information content (AvgIpc) is 2.69. The minimum atomic E-state index is 0.154. The largest absolute Gasteiger partial charge is 0.297 e. The molecule has 3 heteroatoms. The van der Waals surface area contributed by atoms with Gasteiger partial charge in [0.2, 0.25) is 0 Å². The Balaban J connectivity index is 2.69. The molecule has 0 aromatic carbocycles. The van der Waals surface area contributed by atoms with Crippen LogP contribution >= 0.6 is 0 Å². The van der Waals surface area contributed by atoms with Gasteiger partial charge in [0.25, 0.3) is 0 Å². The summed E-state index contributed by atoms with van der Waals surface area (Å²) in [6, 6.07) is 0.385. The molecule has 114 valence electrons. The monoisotopic (exact) mass is 269 g/mol. The first-order valence-corrected chi connectivity index (χ1v) is 8.27. The zero-order valence-electron chi connectivity index (χ0n) is 13.5. The lowest BCUT2D eigenvalue weighted by Gasteiger charge is -2.44. The molecule has 1 unspecified atom stereocenters. The van der Waals surface area contributed by atoms with E-state index in [9.17, 15) is 0 Å². The minimum absolute atomic E-state index is 0.154. The number of hydrogen-bond donors (Lipinski definition) is 2. The fourth-order valence-corrected chi connectivity index (χ4v) is 3.38. The fourth-order valence-electron chi connectivity index (χ4n) is 3.38. The van der Waals surface area contributed by atoms with Crippen molar-refractivity contribution >= 4 is 0 Å². The van der Waals surface area contributed by atoms with Crippen LogP contribution in [0, 0.1) is 5.92 Å². The third-order valence-corrected chi connectivity index (χ3v) is 5.20. The quantitative estimate of drug-likeness (QED) is 0.550. The van der Waals surface area contributed by atoms with Gasteiger partial charge in [0.1, 0.15) is 0 Å². The van der Waals surface area contributed by atoms with Crippen molar-refractivity contribution in [3.8, 4) is 0 Å². The number of rotatable bonds is 7. The maximum Gasteiger partial charge on any atom is 0.0392 e. The Morgan fingerprint density at radius 2 is 1.58 bits per heavy atom. The van der Waals surface area contributed by atoms with Gasteiger partial charge in [-0.15, -0.1) is 0 Å². The van der Waals surface area contributed by atoms with Crippen molar-refractivity contribution < 1.29 is 0 Å². The van der Waals surface area contributed by atoms with E-state index in [-0.39, 0.29) is 5.54 Å². The first-order valence-electron chi connectivity index (χ1n) is 8.27. The molecular formula is C16H35N3. The molecule has 0 spiro atoms. The highest BCUT2D eigenvalue weighted by Crippen LogP contribution is 2.28. The maximum absolute atomic E-state index is 5.89. The van der Waals surface area contributed by atoms with E-state index >= 15 is 0 Å². The summed E-state index contributed by atoms with van der Waals surface area (Å²) >= 11 is 0. The van der Waals surface area contributed by atoms with Crippen molar-refractivity contribution in [2.24, 2.45) is 11.8 Å². The minimum Gasteiger partial charge on any atom is -0.297 e. The van der Waals surface area contributed by atoms with Gasteiger partial charge in [-0.05, 0) is 52.1 Å². The van der Waals surface area contributed by atoms with Crippen molar-refractivity contribution in [3.05, 3.63) is 0 Å².